The Hall–Kier alpha value is -0.830. The lowest BCUT2D eigenvalue weighted by molar-refractivity contribution is 0.394. The summed E-state index contributed by atoms with van der Waals surface area (Å²) in [5.41, 5.74) is 0.956. The Morgan fingerprint density at radius 2 is 2.25 bits per heavy atom. The van der Waals surface area contributed by atoms with E-state index in [0.717, 1.165) is 12.1 Å². The molecule has 1 rings (SSSR count). The normalized spacial score (nSPS) is 9.92. The zero-order valence-electron chi connectivity index (χ0n) is 7.17. The fraction of sp³-hybridized carbons (Fsp3) is 0.500. The van der Waals surface area contributed by atoms with Gasteiger partial charge in [0, 0.05) is 11.8 Å². The highest BCUT2D eigenvalue weighted by Gasteiger charge is 2.01. The molecule has 1 aromatic rings. The molecule has 66 valence electrons. The first-order valence-electron chi connectivity index (χ1n) is 3.77. The number of alkyl halides is 1. The van der Waals surface area contributed by atoms with Gasteiger partial charge in [0.2, 0.25) is 5.88 Å². The smallest absolute Gasteiger partial charge is 0.216 e. The van der Waals surface area contributed by atoms with Crippen molar-refractivity contribution >= 4 is 11.6 Å². The molecule has 3 nitrogen and oxygen atoms in total. The van der Waals surface area contributed by atoms with E-state index in [1.807, 2.05) is 13.0 Å². The van der Waals surface area contributed by atoms with E-state index >= 15 is 0 Å². The van der Waals surface area contributed by atoms with Crippen LogP contribution in [0.5, 0.6) is 5.88 Å². The lowest BCUT2D eigenvalue weighted by atomic mass is 10.3. The number of halogens is 1. The van der Waals surface area contributed by atoms with E-state index in [4.69, 9.17) is 16.3 Å². The van der Waals surface area contributed by atoms with E-state index in [9.17, 15) is 0 Å². The molecule has 0 unspecified atom stereocenters. The Balaban J connectivity index is 3.01. The quantitative estimate of drug-likeness (QED) is 0.676. The molecule has 0 N–H and O–H groups in total. The topological polar surface area (TPSA) is 35.0 Å². The van der Waals surface area contributed by atoms with E-state index in [2.05, 4.69) is 9.97 Å². The minimum atomic E-state index is 0.324. The van der Waals surface area contributed by atoms with Crippen molar-refractivity contribution in [3.8, 4) is 5.88 Å². The van der Waals surface area contributed by atoms with Crippen LogP contribution in [0.3, 0.4) is 0 Å². The standard InChI is InChI=1S/C8H11ClN2O/c1-3-6-4-8(12-2)11-7(5-9)10-6/h4H,3,5H2,1-2H3. The lowest BCUT2D eigenvalue weighted by Gasteiger charge is -2.02. The largest absolute Gasteiger partial charge is 0.481 e. The SMILES string of the molecule is CCc1cc(OC)nc(CCl)n1. The van der Waals surface area contributed by atoms with Crippen molar-refractivity contribution in [2.75, 3.05) is 7.11 Å². The number of hydrogen-bond donors (Lipinski definition) is 0. The number of aryl methyl sites for hydroxylation is 1. The maximum atomic E-state index is 5.60. The summed E-state index contributed by atoms with van der Waals surface area (Å²) in [7, 11) is 1.58. The average Bonchev–Trinajstić information content (AvgIpc) is 2.16. The van der Waals surface area contributed by atoms with Gasteiger partial charge in [-0.3, -0.25) is 0 Å². The maximum absolute atomic E-state index is 5.60. The highest BCUT2D eigenvalue weighted by molar-refractivity contribution is 6.16. The van der Waals surface area contributed by atoms with Gasteiger partial charge in [-0.2, -0.15) is 4.98 Å². The Morgan fingerprint density at radius 1 is 1.50 bits per heavy atom. The molecule has 0 aliphatic carbocycles. The lowest BCUT2D eigenvalue weighted by Crippen LogP contribution is -1.99. The van der Waals surface area contributed by atoms with Crippen LogP contribution in [0, 0.1) is 0 Å². The Morgan fingerprint density at radius 3 is 2.75 bits per heavy atom. The van der Waals surface area contributed by atoms with Gasteiger partial charge in [-0.15, -0.1) is 11.6 Å². The van der Waals surface area contributed by atoms with Crippen molar-refractivity contribution in [2.24, 2.45) is 0 Å². The third kappa shape index (κ3) is 2.08. The fourth-order valence-corrected chi connectivity index (χ4v) is 0.990. The maximum Gasteiger partial charge on any atom is 0.216 e. The van der Waals surface area contributed by atoms with Crippen LogP contribution in [0.25, 0.3) is 0 Å². The van der Waals surface area contributed by atoms with Crippen LogP contribution in [0.1, 0.15) is 18.4 Å². The summed E-state index contributed by atoms with van der Waals surface area (Å²) in [6, 6.07) is 1.82. The zero-order valence-corrected chi connectivity index (χ0v) is 7.93. The van der Waals surface area contributed by atoms with Crippen LogP contribution in [0.4, 0.5) is 0 Å². The molecule has 0 atom stereocenters. The molecule has 0 saturated heterocycles. The van der Waals surface area contributed by atoms with Crippen molar-refractivity contribution < 1.29 is 4.74 Å². The van der Waals surface area contributed by atoms with Gasteiger partial charge in [0.1, 0.15) is 5.82 Å². The van der Waals surface area contributed by atoms with Crippen LogP contribution < -0.4 is 4.74 Å². The minimum absolute atomic E-state index is 0.324. The van der Waals surface area contributed by atoms with Gasteiger partial charge in [0.05, 0.1) is 13.0 Å². The number of hydrogen-bond acceptors (Lipinski definition) is 3. The first-order valence-corrected chi connectivity index (χ1v) is 4.30. The summed E-state index contributed by atoms with van der Waals surface area (Å²) < 4.78 is 4.99. The first kappa shape index (κ1) is 9.26. The number of aromatic nitrogens is 2. The Kier molecular flexibility index (Phi) is 3.29. The molecule has 0 aliphatic rings. The second kappa shape index (κ2) is 4.26. The van der Waals surface area contributed by atoms with Crippen molar-refractivity contribution in [2.45, 2.75) is 19.2 Å². The van der Waals surface area contributed by atoms with Gasteiger partial charge in [-0.05, 0) is 6.42 Å². The van der Waals surface area contributed by atoms with Gasteiger partial charge in [-0.25, -0.2) is 4.98 Å². The Bertz CT molecular complexity index is 210. The molecule has 1 heterocycles. The summed E-state index contributed by atoms with van der Waals surface area (Å²) in [5, 5.41) is 0. The summed E-state index contributed by atoms with van der Waals surface area (Å²) in [5.74, 6) is 1.52. The molecule has 0 amide bonds. The predicted molar refractivity (Wildman–Crippen MR) is 47.5 cm³/mol. The van der Waals surface area contributed by atoms with Crippen LogP contribution in [-0.2, 0) is 12.3 Å². The van der Waals surface area contributed by atoms with Crippen molar-refractivity contribution in [3.05, 3.63) is 17.6 Å². The average molecular weight is 187 g/mol. The van der Waals surface area contributed by atoms with Crippen LogP contribution in [0.2, 0.25) is 0 Å². The molecule has 4 heteroatoms. The van der Waals surface area contributed by atoms with Crippen LogP contribution >= 0.6 is 11.6 Å². The summed E-state index contributed by atoms with van der Waals surface area (Å²) in [6.07, 6.45) is 0.864. The second-order valence-corrected chi connectivity index (χ2v) is 2.57. The molecule has 12 heavy (non-hydrogen) atoms. The minimum Gasteiger partial charge on any atom is -0.481 e. The highest BCUT2D eigenvalue weighted by atomic mass is 35.5. The van der Waals surface area contributed by atoms with Gasteiger partial charge < -0.3 is 4.74 Å². The fourth-order valence-electron chi connectivity index (χ4n) is 0.870. The number of ether oxygens (including phenoxy) is 1. The monoisotopic (exact) mass is 186 g/mol. The molecule has 0 aliphatic heterocycles. The number of methoxy groups -OCH3 is 1. The molecule has 0 spiro atoms. The second-order valence-electron chi connectivity index (χ2n) is 2.31. The van der Waals surface area contributed by atoms with Crippen molar-refractivity contribution in [1.29, 1.82) is 0 Å². The Labute approximate surface area is 76.7 Å². The summed E-state index contributed by atoms with van der Waals surface area (Å²) in [6.45, 7) is 2.03. The summed E-state index contributed by atoms with van der Waals surface area (Å²) >= 11 is 5.60. The van der Waals surface area contributed by atoms with E-state index in [0.29, 0.717) is 17.6 Å². The van der Waals surface area contributed by atoms with E-state index in [-0.39, 0.29) is 0 Å². The van der Waals surface area contributed by atoms with Gasteiger partial charge in [0.25, 0.3) is 0 Å². The molecule has 1 aromatic heterocycles. The van der Waals surface area contributed by atoms with Crippen molar-refractivity contribution in [3.63, 3.8) is 0 Å². The number of nitrogens with zero attached hydrogens (tertiary/aromatic N) is 2. The third-order valence-corrected chi connectivity index (χ3v) is 1.73. The van der Waals surface area contributed by atoms with Crippen LogP contribution in [-0.4, -0.2) is 17.1 Å². The molecular weight excluding hydrogens is 176 g/mol. The molecule has 0 saturated carbocycles. The molecular formula is C8H11ClN2O. The van der Waals surface area contributed by atoms with Gasteiger partial charge in [-0.1, -0.05) is 6.92 Å². The van der Waals surface area contributed by atoms with E-state index in [1.165, 1.54) is 0 Å². The third-order valence-electron chi connectivity index (χ3n) is 1.49. The van der Waals surface area contributed by atoms with Gasteiger partial charge in [0.15, 0.2) is 0 Å². The van der Waals surface area contributed by atoms with Crippen LogP contribution in [0.15, 0.2) is 6.07 Å². The van der Waals surface area contributed by atoms with Crippen molar-refractivity contribution in [1.82, 2.24) is 9.97 Å². The number of rotatable bonds is 3. The molecule has 0 fully saturated rings. The molecule has 0 aromatic carbocycles. The van der Waals surface area contributed by atoms with E-state index < -0.39 is 0 Å². The highest BCUT2D eigenvalue weighted by Crippen LogP contribution is 2.10. The predicted octanol–water partition coefficient (Wildman–Crippen LogP) is 1.79. The molecule has 0 radical (unpaired) electrons. The van der Waals surface area contributed by atoms with E-state index in [1.54, 1.807) is 7.11 Å². The zero-order chi connectivity index (χ0) is 8.97. The first-order chi connectivity index (χ1) is 5.80. The van der Waals surface area contributed by atoms with Gasteiger partial charge >= 0.3 is 0 Å². The summed E-state index contributed by atoms with van der Waals surface area (Å²) in [4.78, 5) is 8.25. The molecule has 0 bridgehead atoms.